The summed E-state index contributed by atoms with van der Waals surface area (Å²) in [4.78, 5) is 114. The smallest absolute Gasteiger partial charge is 0.272 e. The van der Waals surface area contributed by atoms with Crippen LogP contribution >= 0.6 is 0 Å². The first-order chi connectivity index (χ1) is 33.3. The van der Waals surface area contributed by atoms with Gasteiger partial charge in [-0.1, -0.05) is 80.1 Å². The first-order valence-corrected chi connectivity index (χ1v) is 26.2. The maximum absolute atomic E-state index is 14.5. The zero-order valence-electron chi connectivity index (χ0n) is 44.5. The lowest BCUT2D eigenvalue weighted by atomic mass is 9.84. The van der Waals surface area contributed by atoms with Gasteiger partial charge in [0.15, 0.2) is 5.69 Å². The molecule has 398 valence electrons. The minimum Gasteiger partial charge on any atom is -0.352 e. The summed E-state index contributed by atoms with van der Waals surface area (Å²) in [5.74, 6) is -2.90. The number of likely N-dealkylation sites (N-methyl/N-ethyl adjacent to an activating group) is 2. The molecule has 4 aliphatic rings. The molecule has 2 saturated carbocycles. The highest BCUT2D eigenvalue weighted by atomic mass is 16.2. The van der Waals surface area contributed by atoms with E-state index in [2.05, 4.69) is 52.7 Å². The minimum atomic E-state index is -0.980. The second-order valence-electron chi connectivity index (χ2n) is 23.0. The topological polar surface area (TPSA) is 268 Å². The SMILES string of the molecule is CN[C@@H](C)C(=O)N[C@H](C(=O)N1C[C@@H](NC(=O)c2cc(C(=O)N[C@H]3C[C@@H](C(=O)N[C@H](C)C4CCCCC4)N(C(=O)[C@@H](NC(=O)[C@H](C)NC)C(C)(C)C)C3)[nH]n2)C[C@H]1C(=O)N[C@H](C)C1CCCCC1)C(C)(C)C. The van der Waals surface area contributed by atoms with E-state index in [0.717, 1.165) is 64.2 Å². The summed E-state index contributed by atoms with van der Waals surface area (Å²) in [7, 11) is 3.30. The summed E-state index contributed by atoms with van der Waals surface area (Å²) in [5, 5.41) is 30.6. The average molecular weight is 995 g/mol. The highest BCUT2D eigenvalue weighted by Gasteiger charge is 2.48. The zero-order valence-corrected chi connectivity index (χ0v) is 44.5. The summed E-state index contributed by atoms with van der Waals surface area (Å²) in [6.07, 6.45) is 10.9. The maximum atomic E-state index is 14.5. The Balaban J connectivity index is 1.31. The van der Waals surface area contributed by atoms with Crippen LogP contribution < -0.4 is 42.5 Å². The van der Waals surface area contributed by atoms with Gasteiger partial charge in [-0.25, -0.2) is 0 Å². The molecule has 2 aliphatic heterocycles. The Morgan fingerprint density at radius 1 is 0.577 bits per heavy atom. The van der Waals surface area contributed by atoms with E-state index in [1.54, 1.807) is 27.9 Å². The number of likely N-dealkylation sites (tertiary alicyclic amines) is 2. The third-order valence-corrected chi connectivity index (χ3v) is 15.4. The number of aromatic amines is 1. The third-order valence-electron chi connectivity index (χ3n) is 15.4. The Morgan fingerprint density at radius 3 is 1.32 bits per heavy atom. The van der Waals surface area contributed by atoms with Crippen LogP contribution in [-0.2, 0) is 28.8 Å². The van der Waals surface area contributed by atoms with Crippen molar-refractivity contribution in [1.82, 2.24) is 62.5 Å². The molecule has 5 rings (SSSR count). The molecule has 1 aromatic heterocycles. The molecular weight excluding hydrogens is 909 g/mol. The second kappa shape index (κ2) is 24.5. The number of nitrogens with one attached hydrogen (secondary N) is 9. The number of nitrogens with zero attached hydrogens (tertiary/aromatic N) is 3. The molecule has 4 fully saturated rings. The van der Waals surface area contributed by atoms with E-state index in [1.165, 1.54) is 15.9 Å². The highest BCUT2D eigenvalue weighted by Crippen LogP contribution is 2.31. The van der Waals surface area contributed by atoms with Crippen molar-refractivity contribution in [2.75, 3.05) is 27.2 Å². The van der Waals surface area contributed by atoms with Crippen molar-refractivity contribution in [3.63, 3.8) is 0 Å². The summed E-state index contributed by atoms with van der Waals surface area (Å²) in [6.45, 7) is 18.4. The largest absolute Gasteiger partial charge is 0.352 e. The zero-order chi connectivity index (χ0) is 52.5. The number of H-pyrrole nitrogens is 1. The van der Waals surface area contributed by atoms with Gasteiger partial charge in [0.25, 0.3) is 11.8 Å². The molecule has 3 heterocycles. The molecule has 0 radical (unpaired) electrons. The quantitative estimate of drug-likeness (QED) is 0.103. The number of aromatic nitrogens is 2. The van der Waals surface area contributed by atoms with E-state index in [0.29, 0.717) is 11.8 Å². The lowest BCUT2D eigenvalue weighted by molar-refractivity contribution is -0.144. The molecule has 10 atom stereocenters. The highest BCUT2D eigenvalue weighted by molar-refractivity contribution is 5.99. The van der Waals surface area contributed by atoms with Crippen molar-refractivity contribution in [2.45, 2.75) is 207 Å². The molecule has 1 aromatic rings. The van der Waals surface area contributed by atoms with Gasteiger partial charge in [-0.2, -0.15) is 5.10 Å². The number of rotatable bonds is 18. The van der Waals surface area contributed by atoms with E-state index >= 15 is 0 Å². The normalized spacial score (nSPS) is 23.9. The molecule has 71 heavy (non-hydrogen) atoms. The van der Waals surface area contributed by atoms with Crippen LogP contribution in [0.1, 0.15) is 167 Å². The van der Waals surface area contributed by atoms with Crippen LogP contribution in [0.2, 0.25) is 0 Å². The van der Waals surface area contributed by atoms with Crippen molar-refractivity contribution in [3.05, 3.63) is 17.5 Å². The van der Waals surface area contributed by atoms with Crippen LogP contribution in [-0.4, -0.2) is 155 Å². The molecule has 0 spiro atoms. The van der Waals surface area contributed by atoms with Crippen molar-refractivity contribution in [2.24, 2.45) is 22.7 Å². The number of hydrogen-bond donors (Lipinski definition) is 9. The number of hydrogen-bond acceptors (Lipinski definition) is 11. The van der Waals surface area contributed by atoms with Gasteiger partial charge < -0.3 is 52.3 Å². The van der Waals surface area contributed by atoms with E-state index in [9.17, 15) is 38.4 Å². The van der Waals surface area contributed by atoms with Crippen LogP contribution in [0.25, 0.3) is 0 Å². The summed E-state index contributed by atoms with van der Waals surface area (Å²) >= 11 is 0. The van der Waals surface area contributed by atoms with Gasteiger partial charge in [0.1, 0.15) is 29.9 Å². The Kier molecular flexibility index (Phi) is 19.6. The number of carbonyl (C=O) groups is 8. The number of carbonyl (C=O) groups excluding carboxylic acids is 8. The van der Waals surface area contributed by atoms with E-state index in [1.807, 2.05) is 55.4 Å². The van der Waals surface area contributed by atoms with E-state index in [-0.39, 0.29) is 73.0 Å². The molecule has 20 heteroatoms. The Labute approximate surface area is 421 Å². The molecule has 9 N–H and O–H groups in total. The molecule has 0 unspecified atom stereocenters. The Morgan fingerprint density at radius 2 is 0.958 bits per heavy atom. The van der Waals surface area contributed by atoms with E-state index < -0.39 is 82.8 Å². The van der Waals surface area contributed by atoms with Gasteiger partial charge in [-0.05, 0) is 103 Å². The van der Waals surface area contributed by atoms with Gasteiger partial charge >= 0.3 is 0 Å². The molecule has 0 bridgehead atoms. The van der Waals surface area contributed by atoms with Gasteiger partial charge in [-0.15, -0.1) is 0 Å². The first kappa shape index (κ1) is 56.8. The molecule has 2 aliphatic carbocycles. The van der Waals surface area contributed by atoms with Crippen molar-refractivity contribution in [3.8, 4) is 0 Å². The first-order valence-electron chi connectivity index (χ1n) is 26.2. The molecular formula is C51H86N12O8. The van der Waals surface area contributed by atoms with Gasteiger partial charge in [0.2, 0.25) is 35.4 Å². The fourth-order valence-corrected chi connectivity index (χ4v) is 10.5. The van der Waals surface area contributed by atoms with Crippen LogP contribution in [0.3, 0.4) is 0 Å². The maximum Gasteiger partial charge on any atom is 0.272 e. The third kappa shape index (κ3) is 14.8. The van der Waals surface area contributed by atoms with Crippen molar-refractivity contribution >= 4 is 47.3 Å². The van der Waals surface area contributed by atoms with Gasteiger partial charge in [-0.3, -0.25) is 43.5 Å². The van der Waals surface area contributed by atoms with Crippen LogP contribution in [0.15, 0.2) is 6.07 Å². The molecule has 20 nitrogen and oxygen atoms in total. The predicted molar refractivity (Wildman–Crippen MR) is 270 cm³/mol. The lowest BCUT2D eigenvalue weighted by Gasteiger charge is -2.36. The standard InChI is InChI=1S/C51H86N12O8/c1-28(32-19-15-13-16-20-32)54-46(68)38-23-34(26-62(38)48(70)40(50(5,6)7)58-42(64)30(3)52-11)56-44(66)36-25-37(61-60-36)45(67)57-35-24-39(47(69)55-29(2)33-21-17-14-18-22-33)63(27-35)49(71)41(51(8,9)10)59-43(65)31(4)53-12/h25,28-35,38-41,52-53H,13-24,26-27H2,1-12H3,(H,54,68)(H,55,69)(H,56,66)(H,57,67)(H,58,64)(H,59,65)(H,60,61)/t28-,29-,30+,31+,34+,35+,38+,39+,40-,41-/m1/s1. The summed E-state index contributed by atoms with van der Waals surface area (Å²) < 4.78 is 0. The van der Waals surface area contributed by atoms with E-state index in [4.69, 9.17) is 0 Å². The van der Waals surface area contributed by atoms with Crippen LogP contribution in [0, 0.1) is 22.7 Å². The molecule has 2 saturated heterocycles. The van der Waals surface area contributed by atoms with Crippen molar-refractivity contribution in [1.29, 1.82) is 0 Å². The lowest BCUT2D eigenvalue weighted by Crippen LogP contribution is -2.60. The minimum absolute atomic E-state index is 0.00860. The van der Waals surface area contributed by atoms with Crippen molar-refractivity contribution < 1.29 is 38.4 Å². The van der Waals surface area contributed by atoms with Crippen LogP contribution in [0.4, 0.5) is 0 Å². The average Bonchev–Trinajstić information content (AvgIpc) is 4.11. The molecule has 8 amide bonds. The van der Waals surface area contributed by atoms with Gasteiger partial charge in [0.05, 0.1) is 12.1 Å². The summed E-state index contributed by atoms with van der Waals surface area (Å²) in [5.41, 5.74) is -1.60. The molecule has 0 aromatic carbocycles. The van der Waals surface area contributed by atoms with Gasteiger partial charge in [0, 0.05) is 43.3 Å². The predicted octanol–water partition coefficient (Wildman–Crippen LogP) is 2.26. The monoisotopic (exact) mass is 995 g/mol. The van der Waals surface area contributed by atoms with Crippen LogP contribution in [0.5, 0.6) is 0 Å². The fourth-order valence-electron chi connectivity index (χ4n) is 10.5. The number of amides is 8. The fraction of sp³-hybridized carbons (Fsp3) is 0.784. The Hall–Kier alpha value is -5.11. The second-order valence-corrected chi connectivity index (χ2v) is 23.0. The Bertz CT molecular complexity index is 1910. The summed E-state index contributed by atoms with van der Waals surface area (Å²) in [6, 6.07) is -5.27.